The van der Waals surface area contributed by atoms with Gasteiger partial charge in [-0.3, -0.25) is 9.59 Å². The first-order valence-corrected chi connectivity index (χ1v) is 9.78. The lowest BCUT2D eigenvalue weighted by Crippen LogP contribution is -2.54. The lowest BCUT2D eigenvalue weighted by atomic mass is 9.48. The Balaban J connectivity index is 1.67. The van der Waals surface area contributed by atoms with E-state index in [1.807, 2.05) is 66.7 Å². The largest absolute Gasteiger partial charge is 0.302 e. The summed E-state index contributed by atoms with van der Waals surface area (Å²) in [6.45, 7) is 0. The van der Waals surface area contributed by atoms with Gasteiger partial charge in [-0.25, -0.2) is 4.90 Å². The van der Waals surface area contributed by atoms with E-state index in [2.05, 4.69) is 0 Å². The quantitative estimate of drug-likeness (QED) is 0.506. The highest BCUT2D eigenvalue weighted by Gasteiger charge is 2.68. The number of amides is 2. The van der Waals surface area contributed by atoms with E-state index in [9.17, 15) is 14.4 Å². The van der Waals surface area contributed by atoms with Gasteiger partial charge in [0.1, 0.15) is 6.29 Å². The van der Waals surface area contributed by atoms with Crippen molar-refractivity contribution in [2.75, 3.05) is 4.90 Å². The molecule has 4 nitrogen and oxygen atoms in total. The van der Waals surface area contributed by atoms with Crippen molar-refractivity contribution in [2.45, 2.75) is 11.3 Å². The first-order valence-electron chi connectivity index (χ1n) is 9.78. The summed E-state index contributed by atoms with van der Waals surface area (Å²) in [6, 6.07) is 24.5. The molecule has 3 aromatic rings. The van der Waals surface area contributed by atoms with Gasteiger partial charge in [0.05, 0.1) is 22.9 Å². The third-order valence-corrected chi connectivity index (χ3v) is 6.88. The van der Waals surface area contributed by atoms with Crippen LogP contribution in [-0.4, -0.2) is 18.1 Å². The van der Waals surface area contributed by atoms with Crippen LogP contribution in [0.2, 0.25) is 0 Å². The molecule has 4 heteroatoms. The maximum atomic E-state index is 13.7. The van der Waals surface area contributed by atoms with Crippen molar-refractivity contribution in [2.24, 2.45) is 11.8 Å². The minimum absolute atomic E-state index is 0.216. The smallest absolute Gasteiger partial charge is 0.239 e. The molecule has 0 N–H and O–H groups in total. The van der Waals surface area contributed by atoms with E-state index in [1.165, 1.54) is 4.90 Å². The molecule has 1 aliphatic heterocycles. The van der Waals surface area contributed by atoms with Crippen molar-refractivity contribution in [3.05, 3.63) is 101 Å². The van der Waals surface area contributed by atoms with E-state index in [1.54, 1.807) is 12.1 Å². The Bertz CT molecular complexity index is 1150. The molecule has 0 unspecified atom stereocenters. The minimum atomic E-state index is -1.14. The van der Waals surface area contributed by atoms with Crippen molar-refractivity contribution in [3.63, 3.8) is 0 Å². The van der Waals surface area contributed by atoms with Gasteiger partial charge in [0.2, 0.25) is 11.8 Å². The van der Waals surface area contributed by atoms with Gasteiger partial charge < -0.3 is 4.79 Å². The van der Waals surface area contributed by atoms with Gasteiger partial charge in [-0.15, -0.1) is 0 Å². The number of hydrogen-bond donors (Lipinski definition) is 0. The van der Waals surface area contributed by atoms with E-state index in [0.29, 0.717) is 5.69 Å². The highest BCUT2D eigenvalue weighted by molar-refractivity contribution is 6.24. The Labute approximate surface area is 167 Å². The first-order chi connectivity index (χ1) is 14.2. The molecule has 0 radical (unpaired) electrons. The van der Waals surface area contributed by atoms with Crippen LogP contribution in [0.15, 0.2) is 78.9 Å². The zero-order chi connectivity index (χ0) is 19.8. The average molecular weight is 379 g/mol. The van der Waals surface area contributed by atoms with Crippen molar-refractivity contribution in [3.8, 4) is 0 Å². The molecule has 140 valence electrons. The summed E-state index contributed by atoms with van der Waals surface area (Å²) < 4.78 is 0. The third kappa shape index (κ3) is 1.77. The summed E-state index contributed by atoms with van der Waals surface area (Å²) in [5.74, 6) is -2.02. The number of hydrogen-bond acceptors (Lipinski definition) is 3. The molecule has 1 saturated heterocycles. The van der Waals surface area contributed by atoms with Crippen molar-refractivity contribution in [1.29, 1.82) is 0 Å². The summed E-state index contributed by atoms with van der Waals surface area (Å²) in [6.07, 6.45) is 0.900. The van der Waals surface area contributed by atoms with E-state index in [-0.39, 0.29) is 17.7 Å². The Morgan fingerprint density at radius 1 is 0.724 bits per heavy atom. The standard InChI is InChI=1S/C25H17NO3/c27-14-25-18-12-6-4-10-16(18)20(17-11-5-7-13-19(17)25)21-22(25)24(29)26(23(21)28)15-8-2-1-3-9-15/h1-14,20-22H/t20?,21-,22-,25?/m1/s1. The van der Waals surface area contributed by atoms with Crippen LogP contribution in [0, 0.1) is 11.8 Å². The molecule has 29 heavy (non-hydrogen) atoms. The second-order valence-corrected chi connectivity index (χ2v) is 7.99. The normalized spacial score (nSPS) is 28.7. The summed E-state index contributed by atoms with van der Waals surface area (Å²) in [4.78, 5) is 41.4. The number of rotatable bonds is 2. The number of benzene rings is 3. The monoisotopic (exact) mass is 379 g/mol. The minimum Gasteiger partial charge on any atom is -0.302 e. The molecule has 0 aromatic heterocycles. The lowest BCUT2D eigenvalue weighted by molar-refractivity contribution is -0.128. The molecule has 1 fully saturated rings. The zero-order valence-corrected chi connectivity index (χ0v) is 15.5. The van der Waals surface area contributed by atoms with Crippen molar-refractivity contribution >= 4 is 23.8 Å². The van der Waals surface area contributed by atoms with Gasteiger partial charge in [-0.2, -0.15) is 0 Å². The van der Waals surface area contributed by atoms with Gasteiger partial charge in [0.25, 0.3) is 0 Å². The Hall–Kier alpha value is -3.53. The molecular weight excluding hydrogens is 362 g/mol. The highest BCUT2D eigenvalue weighted by Crippen LogP contribution is 2.63. The van der Waals surface area contributed by atoms with Crippen LogP contribution in [0.5, 0.6) is 0 Å². The molecule has 3 aromatic carbocycles. The number of anilines is 1. The van der Waals surface area contributed by atoms with Crippen LogP contribution < -0.4 is 4.90 Å². The zero-order valence-electron chi connectivity index (χ0n) is 15.5. The van der Waals surface area contributed by atoms with E-state index < -0.39 is 17.3 Å². The Kier molecular flexibility index (Phi) is 3.12. The fourth-order valence-electron chi connectivity index (χ4n) is 5.86. The topological polar surface area (TPSA) is 54.5 Å². The van der Waals surface area contributed by atoms with Gasteiger partial charge in [0.15, 0.2) is 0 Å². The third-order valence-electron chi connectivity index (χ3n) is 6.88. The molecule has 3 aliphatic carbocycles. The lowest BCUT2D eigenvalue weighted by Gasteiger charge is -2.51. The van der Waals surface area contributed by atoms with E-state index in [4.69, 9.17) is 0 Å². The molecule has 2 atom stereocenters. The predicted molar refractivity (Wildman–Crippen MR) is 107 cm³/mol. The fraction of sp³-hybridized carbons (Fsp3) is 0.160. The van der Waals surface area contributed by atoms with Crippen LogP contribution in [-0.2, 0) is 19.8 Å². The molecule has 0 spiro atoms. The van der Waals surface area contributed by atoms with Gasteiger partial charge in [0, 0.05) is 5.92 Å². The Morgan fingerprint density at radius 3 is 1.86 bits per heavy atom. The van der Waals surface area contributed by atoms with Crippen LogP contribution in [0.1, 0.15) is 28.2 Å². The van der Waals surface area contributed by atoms with Crippen LogP contribution in [0.25, 0.3) is 0 Å². The second-order valence-electron chi connectivity index (χ2n) is 7.99. The van der Waals surface area contributed by atoms with Crippen molar-refractivity contribution in [1.82, 2.24) is 0 Å². The summed E-state index contributed by atoms with van der Waals surface area (Å²) in [5.41, 5.74) is 3.10. The second kappa shape index (κ2) is 5.51. The molecule has 0 saturated carbocycles. The maximum absolute atomic E-state index is 13.7. The number of para-hydroxylation sites is 1. The Morgan fingerprint density at radius 2 is 1.28 bits per heavy atom. The molecule has 2 bridgehead atoms. The van der Waals surface area contributed by atoms with Crippen LogP contribution in [0.3, 0.4) is 0 Å². The van der Waals surface area contributed by atoms with Gasteiger partial charge >= 0.3 is 0 Å². The predicted octanol–water partition coefficient (Wildman–Crippen LogP) is 3.44. The number of nitrogens with zero attached hydrogens (tertiary/aromatic N) is 1. The maximum Gasteiger partial charge on any atom is 0.239 e. The number of carbonyl (C=O) groups is 3. The van der Waals surface area contributed by atoms with Gasteiger partial charge in [-0.05, 0) is 34.4 Å². The number of carbonyl (C=O) groups excluding carboxylic acids is 3. The highest BCUT2D eigenvalue weighted by atomic mass is 16.2. The molecule has 7 rings (SSSR count). The van der Waals surface area contributed by atoms with Gasteiger partial charge in [-0.1, -0.05) is 66.7 Å². The molecular formula is C25H17NO3. The van der Waals surface area contributed by atoms with Crippen LogP contribution in [0.4, 0.5) is 5.69 Å². The summed E-state index contributed by atoms with van der Waals surface area (Å²) in [7, 11) is 0. The van der Waals surface area contributed by atoms with Crippen LogP contribution >= 0.6 is 0 Å². The fourth-order valence-corrected chi connectivity index (χ4v) is 5.86. The SMILES string of the molecule is O=CC12c3ccccc3C(c3ccccc31)[C@H]1C(=O)N(c3ccccc3)C(=O)[C@@H]12. The number of imide groups is 1. The van der Waals surface area contributed by atoms with Crippen molar-refractivity contribution < 1.29 is 14.4 Å². The molecule has 1 heterocycles. The van der Waals surface area contributed by atoms with E-state index in [0.717, 1.165) is 28.5 Å². The molecule has 4 aliphatic rings. The average Bonchev–Trinajstić information content (AvgIpc) is 3.05. The van der Waals surface area contributed by atoms with E-state index >= 15 is 0 Å². The number of aldehydes is 1. The summed E-state index contributed by atoms with van der Waals surface area (Å²) >= 11 is 0. The first kappa shape index (κ1) is 16.4. The summed E-state index contributed by atoms with van der Waals surface area (Å²) in [5, 5.41) is 0. The molecule has 2 amide bonds.